The molecule has 0 aromatic rings. The maximum absolute atomic E-state index is 11.6. The molecular formula is C10H19NO. The van der Waals surface area contributed by atoms with Crippen molar-refractivity contribution >= 4 is 5.78 Å². The average Bonchev–Trinajstić information content (AvgIpc) is 1.82. The summed E-state index contributed by atoms with van der Waals surface area (Å²) in [6, 6.07) is 0. The molecular weight excluding hydrogens is 150 g/mol. The summed E-state index contributed by atoms with van der Waals surface area (Å²) in [6.45, 7) is 7.65. The smallest absolute Gasteiger partial charge is 0.165 e. The van der Waals surface area contributed by atoms with E-state index in [4.69, 9.17) is 0 Å². The van der Waals surface area contributed by atoms with Crippen LogP contribution in [0.15, 0.2) is 11.8 Å². The van der Waals surface area contributed by atoms with E-state index in [1.165, 1.54) is 0 Å². The lowest BCUT2D eigenvalue weighted by Crippen LogP contribution is -2.22. The summed E-state index contributed by atoms with van der Waals surface area (Å²) < 4.78 is 0. The Hall–Kier alpha value is -0.790. The van der Waals surface area contributed by atoms with Crippen molar-refractivity contribution in [3.63, 3.8) is 0 Å². The predicted molar refractivity (Wildman–Crippen MR) is 51.9 cm³/mol. The fraction of sp³-hybridized carbons (Fsp3) is 0.700. The van der Waals surface area contributed by atoms with Gasteiger partial charge in [-0.2, -0.15) is 0 Å². The number of Topliss-reactive ketones (excluding diaryl/α,β-unsaturated/α-hetero) is 1. The second-order valence-corrected chi connectivity index (χ2v) is 4.35. The number of allylic oxidation sites excluding steroid dienone is 1. The van der Waals surface area contributed by atoms with Gasteiger partial charge in [0.05, 0.1) is 0 Å². The molecule has 0 aliphatic rings. The topological polar surface area (TPSA) is 20.3 Å². The molecule has 2 nitrogen and oxygen atoms in total. The first-order valence-corrected chi connectivity index (χ1v) is 4.15. The van der Waals surface area contributed by atoms with Crippen molar-refractivity contribution in [3.05, 3.63) is 11.8 Å². The van der Waals surface area contributed by atoms with Crippen LogP contribution in [-0.4, -0.2) is 24.8 Å². The summed E-state index contributed by atoms with van der Waals surface area (Å²) >= 11 is 0. The van der Waals surface area contributed by atoms with Crippen molar-refractivity contribution in [2.24, 2.45) is 5.41 Å². The Morgan fingerprint density at radius 3 is 1.92 bits per heavy atom. The standard InChI is InChI=1S/C10H19NO/c1-8(7-11(5)6)9(12)10(2,3)4/h7H,1-6H3/b8-7-. The maximum Gasteiger partial charge on any atom is 0.165 e. The second-order valence-electron chi connectivity index (χ2n) is 4.35. The molecule has 12 heavy (non-hydrogen) atoms. The first-order valence-electron chi connectivity index (χ1n) is 4.15. The molecule has 70 valence electrons. The lowest BCUT2D eigenvalue weighted by Gasteiger charge is -2.17. The fourth-order valence-electron chi connectivity index (χ4n) is 1.04. The highest BCUT2D eigenvalue weighted by atomic mass is 16.1. The van der Waals surface area contributed by atoms with Crippen molar-refractivity contribution in [1.82, 2.24) is 4.90 Å². The van der Waals surface area contributed by atoms with Crippen LogP contribution < -0.4 is 0 Å². The third-order valence-electron chi connectivity index (χ3n) is 1.49. The molecule has 0 amide bonds. The van der Waals surface area contributed by atoms with Gasteiger partial charge in [-0.1, -0.05) is 20.8 Å². The van der Waals surface area contributed by atoms with E-state index in [0.717, 1.165) is 5.57 Å². The molecule has 0 heterocycles. The first-order chi connectivity index (χ1) is 5.25. The van der Waals surface area contributed by atoms with Gasteiger partial charge >= 0.3 is 0 Å². The predicted octanol–water partition coefficient (Wildman–Crippen LogP) is 2.07. The fourth-order valence-corrected chi connectivity index (χ4v) is 1.04. The van der Waals surface area contributed by atoms with Gasteiger partial charge in [0.25, 0.3) is 0 Å². The van der Waals surface area contributed by atoms with Gasteiger partial charge in [0.2, 0.25) is 0 Å². The highest BCUT2D eigenvalue weighted by molar-refractivity contribution is 5.98. The van der Waals surface area contributed by atoms with Gasteiger partial charge in [-0.05, 0) is 6.92 Å². The zero-order chi connectivity index (χ0) is 9.94. The van der Waals surface area contributed by atoms with Gasteiger partial charge < -0.3 is 4.90 Å². The van der Waals surface area contributed by atoms with Gasteiger partial charge in [0.15, 0.2) is 5.78 Å². The number of hydrogen-bond acceptors (Lipinski definition) is 2. The van der Waals surface area contributed by atoms with Crippen LogP contribution in [0.1, 0.15) is 27.7 Å². The minimum atomic E-state index is -0.267. The van der Waals surface area contributed by atoms with Crippen molar-refractivity contribution in [1.29, 1.82) is 0 Å². The molecule has 0 atom stereocenters. The Labute approximate surface area is 75.3 Å². The molecule has 0 radical (unpaired) electrons. The summed E-state index contributed by atoms with van der Waals surface area (Å²) in [5, 5.41) is 0. The quantitative estimate of drug-likeness (QED) is 0.590. The minimum Gasteiger partial charge on any atom is -0.383 e. The molecule has 0 spiro atoms. The molecule has 0 aromatic heterocycles. The third-order valence-corrected chi connectivity index (χ3v) is 1.49. The number of rotatable bonds is 2. The van der Waals surface area contributed by atoms with Crippen LogP contribution in [0.3, 0.4) is 0 Å². The zero-order valence-electron chi connectivity index (χ0n) is 8.93. The van der Waals surface area contributed by atoms with E-state index in [2.05, 4.69) is 0 Å². The van der Waals surface area contributed by atoms with Crippen molar-refractivity contribution in [2.75, 3.05) is 14.1 Å². The monoisotopic (exact) mass is 169 g/mol. The lowest BCUT2D eigenvalue weighted by atomic mass is 9.87. The third kappa shape index (κ3) is 3.56. The van der Waals surface area contributed by atoms with Crippen LogP contribution in [-0.2, 0) is 4.79 Å². The van der Waals surface area contributed by atoms with E-state index in [9.17, 15) is 4.79 Å². The van der Waals surface area contributed by atoms with Crippen LogP contribution in [0, 0.1) is 5.41 Å². The Kier molecular flexibility index (Phi) is 3.50. The van der Waals surface area contributed by atoms with E-state index in [1.54, 1.807) is 0 Å². The summed E-state index contributed by atoms with van der Waals surface area (Å²) in [5.41, 5.74) is 0.545. The highest BCUT2D eigenvalue weighted by Gasteiger charge is 2.22. The number of nitrogens with zero attached hydrogens (tertiary/aromatic N) is 1. The molecule has 0 N–H and O–H groups in total. The zero-order valence-corrected chi connectivity index (χ0v) is 8.93. The molecule has 0 saturated heterocycles. The summed E-state index contributed by atoms with van der Waals surface area (Å²) in [4.78, 5) is 13.5. The SMILES string of the molecule is C/C(=C/N(C)C)C(=O)C(C)(C)C. The van der Waals surface area contributed by atoms with E-state index in [-0.39, 0.29) is 11.2 Å². The van der Waals surface area contributed by atoms with Crippen molar-refractivity contribution in [2.45, 2.75) is 27.7 Å². The Balaban J connectivity index is 4.51. The highest BCUT2D eigenvalue weighted by Crippen LogP contribution is 2.19. The largest absolute Gasteiger partial charge is 0.383 e. The molecule has 0 rings (SSSR count). The summed E-state index contributed by atoms with van der Waals surface area (Å²) in [6.07, 6.45) is 1.85. The lowest BCUT2D eigenvalue weighted by molar-refractivity contribution is -0.122. The molecule has 0 aromatic carbocycles. The molecule has 0 aliphatic heterocycles. The normalized spacial score (nSPS) is 13.0. The van der Waals surface area contributed by atoms with E-state index in [1.807, 2.05) is 52.9 Å². The second kappa shape index (κ2) is 3.74. The molecule has 2 heteroatoms. The molecule has 0 unspecified atom stereocenters. The van der Waals surface area contributed by atoms with E-state index >= 15 is 0 Å². The van der Waals surface area contributed by atoms with Gasteiger partial charge in [-0.25, -0.2) is 0 Å². The minimum absolute atomic E-state index is 0.205. The van der Waals surface area contributed by atoms with Crippen LogP contribution in [0.2, 0.25) is 0 Å². The molecule has 0 bridgehead atoms. The van der Waals surface area contributed by atoms with Gasteiger partial charge in [-0.15, -0.1) is 0 Å². The van der Waals surface area contributed by atoms with Crippen LogP contribution in [0.5, 0.6) is 0 Å². The van der Waals surface area contributed by atoms with Crippen molar-refractivity contribution < 1.29 is 4.79 Å². The molecule has 0 saturated carbocycles. The van der Waals surface area contributed by atoms with Gasteiger partial charge in [0, 0.05) is 31.3 Å². The summed E-state index contributed by atoms with van der Waals surface area (Å²) in [5.74, 6) is 0.205. The number of carbonyl (C=O) groups is 1. The molecule has 0 fully saturated rings. The van der Waals surface area contributed by atoms with Crippen molar-refractivity contribution in [3.8, 4) is 0 Å². The van der Waals surface area contributed by atoms with Crippen LogP contribution >= 0.6 is 0 Å². The number of hydrogen-bond donors (Lipinski definition) is 0. The van der Waals surface area contributed by atoms with E-state index in [0.29, 0.717) is 0 Å². The molecule has 0 aliphatic carbocycles. The van der Waals surface area contributed by atoms with Gasteiger partial charge in [-0.3, -0.25) is 4.79 Å². The number of ketones is 1. The average molecular weight is 169 g/mol. The summed E-state index contributed by atoms with van der Waals surface area (Å²) in [7, 11) is 3.83. The Morgan fingerprint density at radius 1 is 1.25 bits per heavy atom. The van der Waals surface area contributed by atoms with Crippen LogP contribution in [0.4, 0.5) is 0 Å². The van der Waals surface area contributed by atoms with Crippen LogP contribution in [0.25, 0.3) is 0 Å². The Bertz CT molecular complexity index is 196. The first kappa shape index (κ1) is 11.2. The number of carbonyl (C=O) groups excluding carboxylic acids is 1. The maximum atomic E-state index is 11.6. The van der Waals surface area contributed by atoms with E-state index < -0.39 is 0 Å². The van der Waals surface area contributed by atoms with Gasteiger partial charge in [0.1, 0.15) is 0 Å². The Morgan fingerprint density at radius 2 is 1.67 bits per heavy atom.